The molecule has 112 valence electrons. The molecule has 0 amide bonds. The van der Waals surface area contributed by atoms with Gasteiger partial charge in [0.05, 0.1) is 0 Å². The Balaban J connectivity index is 4.31. The van der Waals surface area contributed by atoms with Gasteiger partial charge in [0.25, 0.3) is 0 Å². The van der Waals surface area contributed by atoms with Crippen molar-refractivity contribution < 1.29 is 24.5 Å². The quantitative estimate of drug-likeness (QED) is 0.534. The Morgan fingerprint density at radius 2 is 1.21 bits per heavy atom. The molecule has 0 aliphatic carbocycles. The minimum atomic E-state index is -1.07. The van der Waals surface area contributed by atoms with Crippen molar-refractivity contribution in [1.29, 1.82) is 0 Å². The van der Waals surface area contributed by atoms with Crippen LogP contribution in [-0.2, 0) is 14.3 Å². The monoisotopic (exact) mass is 274 g/mol. The summed E-state index contributed by atoms with van der Waals surface area (Å²) in [5, 5.41) is 18.1. The number of rotatable bonds is 12. The van der Waals surface area contributed by atoms with Gasteiger partial charge in [-0.1, -0.05) is 52.4 Å². The molecule has 2 N–H and O–H groups in total. The first kappa shape index (κ1) is 17.9. The van der Waals surface area contributed by atoms with Crippen LogP contribution in [0.3, 0.4) is 0 Å². The molecule has 0 fully saturated rings. The van der Waals surface area contributed by atoms with E-state index in [1.165, 1.54) is 0 Å². The summed E-state index contributed by atoms with van der Waals surface area (Å²) >= 11 is 0. The van der Waals surface area contributed by atoms with Gasteiger partial charge in [-0.2, -0.15) is 0 Å². The summed E-state index contributed by atoms with van der Waals surface area (Å²) in [7, 11) is 0. The van der Waals surface area contributed by atoms with Gasteiger partial charge in [0.1, 0.15) is 0 Å². The van der Waals surface area contributed by atoms with Crippen molar-refractivity contribution in [2.75, 3.05) is 0 Å². The number of carbonyl (C=O) groups is 2. The second-order valence-electron chi connectivity index (χ2n) is 4.78. The van der Waals surface area contributed by atoms with E-state index in [9.17, 15) is 9.59 Å². The van der Waals surface area contributed by atoms with E-state index in [1.807, 2.05) is 13.8 Å². The SMILES string of the molecule is CCCCCC(OC(CCCCC)C(=O)O)C(=O)O. The zero-order valence-electron chi connectivity index (χ0n) is 11.9. The van der Waals surface area contributed by atoms with E-state index in [4.69, 9.17) is 14.9 Å². The molecule has 5 heteroatoms. The van der Waals surface area contributed by atoms with Gasteiger partial charge in [0, 0.05) is 0 Å². The van der Waals surface area contributed by atoms with Crippen molar-refractivity contribution >= 4 is 11.9 Å². The number of ether oxygens (including phenoxy) is 1. The summed E-state index contributed by atoms with van der Waals surface area (Å²) in [6.45, 7) is 4.06. The van der Waals surface area contributed by atoms with E-state index < -0.39 is 24.1 Å². The molecule has 19 heavy (non-hydrogen) atoms. The lowest BCUT2D eigenvalue weighted by molar-refractivity contribution is -0.166. The number of carboxylic acids is 2. The number of carboxylic acid groups (broad SMARTS) is 2. The molecule has 0 saturated carbocycles. The minimum Gasteiger partial charge on any atom is -0.479 e. The molecule has 5 nitrogen and oxygen atoms in total. The second-order valence-corrected chi connectivity index (χ2v) is 4.78. The molecule has 0 heterocycles. The molecule has 0 aliphatic rings. The van der Waals surface area contributed by atoms with Crippen LogP contribution in [0, 0.1) is 0 Å². The molecule has 2 atom stereocenters. The maximum atomic E-state index is 11.1. The van der Waals surface area contributed by atoms with Crippen molar-refractivity contribution in [2.45, 2.75) is 77.4 Å². The van der Waals surface area contributed by atoms with E-state index in [-0.39, 0.29) is 0 Å². The smallest absolute Gasteiger partial charge is 0.332 e. The lowest BCUT2D eigenvalue weighted by atomic mass is 10.1. The highest BCUT2D eigenvalue weighted by atomic mass is 16.5. The first-order valence-corrected chi connectivity index (χ1v) is 7.13. The molecule has 0 bridgehead atoms. The molecule has 0 saturated heterocycles. The van der Waals surface area contributed by atoms with Gasteiger partial charge < -0.3 is 14.9 Å². The van der Waals surface area contributed by atoms with Gasteiger partial charge in [-0.15, -0.1) is 0 Å². The van der Waals surface area contributed by atoms with Crippen LogP contribution < -0.4 is 0 Å². The zero-order valence-corrected chi connectivity index (χ0v) is 11.9. The summed E-state index contributed by atoms with van der Waals surface area (Å²) in [5.74, 6) is -2.14. The maximum absolute atomic E-state index is 11.1. The van der Waals surface area contributed by atoms with Crippen LogP contribution in [0.2, 0.25) is 0 Å². The molecule has 0 spiro atoms. The molecule has 0 rings (SSSR count). The highest BCUT2D eigenvalue weighted by molar-refractivity contribution is 5.75. The Kier molecular flexibility index (Phi) is 10.2. The van der Waals surface area contributed by atoms with Gasteiger partial charge in [-0.05, 0) is 12.8 Å². The number of unbranched alkanes of at least 4 members (excludes halogenated alkanes) is 4. The average Bonchev–Trinajstić information content (AvgIpc) is 2.35. The van der Waals surface area contributed by atoms with E-state index >= 15 is 0 Å². The fourth-order valence-corrected chi connectivity index (χ4v) is 1.86. The molecule has 2 unspecified atom stereocenters. The average molecular weight is 274 g/mol. The predicted molar refractivity (Wildman–Crippen MR) is 72.2 cm³/mol. The third-order valence-electron chi connectivity index (χ3n) is 3.02. The van der Waals surface area contributed by atoms with Crippen LogP contribution in [0.4, 0.5) is 0 Å². The highest BCUT2D eigenvalue weighted by Gasteiger charge is 2.26. The van der Waals surface area contributed by atoms with Crippen LogP contribution >= 0.6 is 0 Å². The van der Waals surface area contributed by atoms with Crippen molar-refractivity contribution in [3.8, 4) is 0 Å². The van der Waals surface area contributed by atoms with E-state index in [0.717, 1.165) is 38.5 Å². The lowest BCUT2D eigenvalue weighted by Gasteiger charge is -2.19. The van der Waals surface area contributed by atoms with Crippen molar-refractivity contribution in [3.05, 3.63) is 0 Å². The van der Waals surface area contributed by atoms with Crippen LogP contribution in [0.15, 0.2) is 0 Å². The topological polar surface area (TPSA) is 83.8 Å². The van der Waals surface area contributed by atoms with Crippen LogP contribution in [0.1, 0.15) is 65.2 Å². The summed E-state index contributed by atoms with van der Waals surface area (Å²) in [6, 6.07) is 0. The Morgan fingerprint density at radius 1 is 0.842 bits per heavy atom. The minimum absolute atomic E-state index is 0.376. The Morgan fingerprint density at radius 3 is 1.47 bits per heavy atom. The highest BCUT2D eigenvalue weighted by Crippen LogP contribution is 2.14. The Labute approximate surface area is 115 Å². The Bertz CT molecular complexity index is 239. The molecule has 0 radical (unpaired) electrons. The molecular formula is C14H26O5. The summed E-state index contributed by atoms with van der Waals surface area (Å²) in [4.78, 5) is 22.1. The van der Waals surface area contributed by atoms with E-state index in [1.54, 1.807) is 0 Å². The molecule has 0 aromatic carbocycles. The third-order valence-corrected chi connectivity index (χ3v) is 3.02. The number of hydrogen-bond donors (Lipinski definition) is 2. The van der Waals surface area contributed by atoms with Crippen LogP contribution in [0.25, 0.3) is 0 Å². The third kappa shape index (κ3) is 8.59. The molecule has 0 aromatic heterocycles. The molecular weight excluding hydrogens is 248 g/mol. The van der Waals surface area contributed by atoms with Crippen molar-refractivity contribution in [3.63, 3.8) is 0 Å². The summed E-state index contributed by atoms with van der Waals surface area (Å²) in [5.41, 5.74) is 0. The van der Waals surface area contributed by atoms with Crippen LogP contribution in [-0.4, -0.2) is 34.4 Å². The zero-order chi connectivity index (χ0) is 14.7. The fraction of sp³-hybridized carbons (Fsp3) is 0.857. The van der Waals surface area contributed by atoms with Gasteiger partial charge in [0.2, 0.25) is 0 Å². The fourth-order valence-electron chi connectivity index (χ4n) is 1.86. The van der Waals surface area contributed by atoms with Gasteiger partial charge in [-0.25, -0.2) is 9.59 Å². The predicted octanol–water partition coefficient (Wildman–Crippen LogP) is 3.07. The summed E-state index contributed by atoms with van der Waals surface area (Å²) in [6.07, 6.45) is 4.08. The van der Waals surface area contributed by atoms with Crippen LogP contribution in [0.5, 0.6) is 0 Å². The van der Waals surface area contributed by atoms with Gasteiger partial charge >= 0.3 is 11.9 Å². The van der Waals surface area contributed by atoms with Crippen molar-refractivity contribution in [1.82, 2.24) is 0 Å². The molecule has 0 aliphatic heterocycles. The van der Waals surface area contributed by atoms with E-state index in [0.29, 0.717) is 12.8 Å². The summed E-state index contributed by atoms with van der Waals surface area (Å²) < 4.78 is 5.27. The normalized spacial score (nSPS) is 14.0. The molecule has 0 aromatic rings. The number of aliphatic carboxylic acids is 2. The first-order valence-electron chi connectivity index (χ1n) is 7.13. The standard InChI is InChI=1S/C14H26O5/c1-3-5-7-9-11(13(15)16)19-12(14(17)18)10-8-6-4-2/h11-12H,3-10H2,1-2H3,(H,15,16)(H,17,18). The van der Waals surface area contributed by atoms with Crippen molar-refractivity contribution in [2.24, 2.45) is 0 Å². The van der Waals surface area contributed by atoms with Gasteiger partial charge in [-0.3, -0.25) is 0 Å². The second kappa shape index (κ2) is 10.8. The largest absolute Gasteiger partial charge is 0.479 e. The number of hydrogen-bond acceptors (Lipinski definition) is 3. The van der Waals surface area contributed by atoms with Gasteiger partial charge in [0.15, 0.2) is 12.2 Å². The Hall–Kier alpha value is -1.10. The lowest BCUT2D eigenvalue weighted by Crippen LogP contribution is -2.34. The first-order chi connectivity index (χ1) is 9.02. The van der Waals surface area contributed by atoms with E-state index in [2.05, 4.69) is 0 Å². The maximum Gasteiger partial charge on any atom is 0.332 e.